The Hall–Kier alpha value is -0.560. The third-order valence-corrected chi connectivity index (χ3v) is 5.60. The Balaban J connectivity index is 2.29. The van der Waals surface area contributed by atoms with Gasteiger partial charge in [-0.15, -0.1) is 11.8 Å². The van der Waals surface area contributed by atoms with Crippen LogP contribution in [0.25, 0.3) is 0 Å². The summed E-state index contributed by atoms with van der Waals surface area (Å²) in [6.45, 7) is 3.78. The van der Waals surface area contributed by atoms with E-state index in [0.29, 0.717) is 24.5 Å². The maximum atomic E-state index is 12.5. The first kappa shape index (κ1) is 13.9. The summed E-state index contributed by atoms with van der Waals surface area (Å²) in [5.74, 6) is 0. The zero-order valence-electron chi connectivity index (χ0n) is 10.6. The Morgan fingerprint density at radius 2 is 2.22 bits per heavy atom. The average molecular weight is 286 g/mol. The van der Waals surface area contributed by atoms with Crippen LogP contribution in [-0.4, -0.2) is 44.7 Å². The van der Waals surface area contributed by atoms with E-state index in [1.807, 2.05) is 19.2 Å². The van der Waals surface area contributed by atoms with Gasteiger partial charge in [-0.1, -0.05) is 6.07 Å². The maximum absolute atomic E-state index is 12.5. The Morgan fingerprint density at radius 1 is 1.44 bits per heavy atom. The molecule has 1 heterocycles. The zero-order valence-corrected chi connectivity index (χ0v) is 12.2. The van der Waals surface area contributed by atoms with E-state index in [2.05, 4.69) is 5.32 Å². The Morgan fingerprint density at radius 3 is 2.89 bits per heavy atom. The molecule has 0 bridgehead atoms. The highest BCUT2D eigenvalue weighted by atomic mass is 32.2. The third-order valence-electron chi connectivity index (χ3n) is 3.01. The van der Waals surface area contributed by atoms with Gasteiger partial charge in [-0.05, 0) is 31.4 Å². The molecular formula is C12H18N2O2S2. The van der Waals surface area contributed by atoms with Crippen molar-refractivity contribution in [3.63, 3.8) is 0 Å². The molecule has 1 N–H and O–H groups in total. The molecule has 18 heavy (non-hydrogen) atoms. The molecule has 1 fully saturated rings. The predicted octanol–water partition coefficient (Wildman–Crippen LogP) is 1.39. The van der Waals surface area contributed by atoms with Gasteiger partial charge in [0, 0.05) is 30.6 Å². The van der Waals surface area contributed by atoms with E-state index >= 15 is 0 Å². The van der Waals surface area contributed by atoms with Gasteiger partial charge in [0.15, 0.2) is 0 Å². The summed E-state index contributed by atoms with van der Waals surface area (Å²) in [5, 5.41) is 3.25. The van der Waals surface area contributed by atoms with Gasteiger partial charge in [0.2, 0.25) is 10.0 Å². The van der Waals surface area contributed by atoms with Crippen LogP contribution in [0.1, 0.15) is 6.92 Å². The summed E-state index contributed by atoms with van der Waals surface area (Å²) < 4.78 is 26.5. The van der Waals surface area contributed by atoms with Crippen LogP contribution in [0, 0.1) is 0 Å². The molecular weight excluding hydrogens is 268 g/mol. The van der Waals surface area contributed by atoms with E-state index < -0.39 is 10.0 Å². The number of benzene rings is 1. The molecule has 0 unspecified atom stereocenters. The molecule has 0 aromatic heterocycles. The highest BCUT2D eigenvalue weighted by Gasteiger charge is 2.28. The zero-order chi connectivity index (χ0) is 13.2. The van der Waals surface area contributed by atoms with Crippen molar-refractivity contribution in [1.29, 1.82) is 0 Å². The van der Waals surface area contributed by atoms with Gasteiger partial charge in [-0.2, -0.15) is 4.31 Å². The number of thioether (sulfide) groups is 1. The molecule has 0 spiro atoms. The molecule has 2 rings (SSSR count). The number of sulfonamides is 1. The average Bonchev–Trinajstić information content (AvgIpc) is 2.39. The number of rotatable bonds is 3. The summed E-state index contributed by atoms with van der Waals surface area (Å²) in [5.41, 5.74) is 0. The maximum Gasteiger partial charge on any atom is 0.243 e. The van der Waals surface area contributed by atoms with Gasteiger partial charge in [0.05, 0.1) is 4.90 Å². The Kier molecular flexibility index (Phi) is 4.32. The van der Waals surface area contributed by atoms with Gasteiger partial charge >= 0.3 is 0 Å². The van der Waals surface area contributed by atoms with Crippen LogP contribution >= 0.6 is 11.8 Å². The van der Waals surface area contributed by atoms with Gasteiger partial charge in [0.1, 0.15) is 0 Å². The minimum atomic E-state index is -3.35. The van der Waals surface area contributed by atoms with Crippen LogP contribution in [0.4, 0.5) is 0 Å². The van der Waals surface area contributed by atoms with Crippen molar-refractivity contribution in [3.8, 4) is 0 Å². The number of nitrogens with one attached hydrogen (secondary N) is 1. The largest absolute Gasteiger partial charge is 0.312 e. The van der Waals surface area contributed by atoms with Crippen molar-refractivity contribution in [2.45, 2.75) is 22.8 Å². The smallest absolute Gasteiger partial charge is 0.243 e. The quantitative estimate of drug-likeness (QED) is 0.853. The standard InChI is InChI=1S/C12H18N2O2S2/c1-10-9-14(7-6-13-10)18(15,16)12-5-3-4-11(8-12)17-2/h3-5,8,10,13H,6-7,9H2,1-2H3/t10-/m1/s1. The van der Waals surface area contributed by atoms with Crippen molar-refractivity contribution in [2.24, 2.45) is 0 Å². The second-order valence-electron chi connectivity index (χ2n) is 4.40. The first-order chi connectivity index (χ1) is 8.54. The molecule has 6 heteroatoms. The van der Waals surface area contributed by atoms with Crippen LogP contribution in [0.3, 0.4) is 0 Å². The van der Waals surface area contributed by atoms with Crippen LogP contribution in [0.2, 0.25) is 0 Å². The fourth-order valence-corrected chi connectivity index (χ4v) is 4.14. The minimum Gasteiger partial charge on any atom is -0.312 e. The van der Waals surface area contributed by atoms with E-state index in [1.54, 1.807) is 34.3 Å². The molecule has 0 aliphatic carbocycles. The van der Waals surface area contributed by atoms with E-state index in [0.717, 1.165) is 4.90 Å². The van der Waals surface area contributed by atoms with E-state index in [9.17, 15) is 8.42 Å². The molecule has 1 aliphatic rings. The molecule has 1 aliphatic heterocycles. The molecule has 1 aromatic carbocycles. The lowest BCUT2D eigenvalue weighted by Crippen LogP contribution is -2.51. The normalized spacial score (nSPS) is 22.0. The van der Waals surface area contributed by atoms with E-state index in [-0.39, 0.29) is 6.04 Å². The first-order valence-electron chi connectivity index (χ1n) is 5.91. The van der Waals surface area contributed by atoms with Crippen LogP contribution in [-0.2, 0) is 10.0 Å². The second kappa shape index (κ2) is 5.61. The molecule has 0 amide bonds. The third kappa shape index (κ3) is 2.88. The number of nitrogens with zero attached hydrogens (tertiary/aromatic N) is 1. The Labute approximate surface area is 113 Å². The summed E-state index contributed by atoms with van der Waals surface area (Å²) in [7, 11) is -3.35. The SMILES string of the molecule is CSc1cccc(S(=O)(=O)N2CCN[C@H](C)C2)c1. The van der Waals surface area contributed by atoms with Gasteiger partial charge in [-0.3, -0.25) is 0 Å². The lowest BCUT2D eigenvalue weighted by atomic mass is 10.3. The van der Waals surface area contributed by atoms with E-state index in [1.165, 1.54) is 0 Å². The molecule has 1 aromatic rings. The highest BCUT2D eigenvalue weighted by Crippen LogP contribution is 2.22. The summed E-state index contributed by atoms with van der Waals surface area (Å²) >= 11 is 1.55. The number of hydrogen-bond acceptors (Lipinski definition) is 4. The van der Waals surface area contributed by atoms with Crippen molar-refractivity contribution in [2.75, 3.05) is 25.9 Å². The van der Waals surface area contributed by atoms with Crippen molar-refractivity contribution in [3.05, 3.63) is 24.3 Å². The molecule has 1 saturated heterocycles. The van der Waals surface area contributed by atoms with Gasteiger partial charge < -0.3 is 5.32 Å². The van der Waals surface area contributed by atoms with Crippen molar-refractivity contribution < 1.29 is 8.42 Å². The summed E-state index contributed by atoms with van der Waals surface area (Å²) in [4.78, 5) is 1.36. The van der Waals surface area contributed by atoms with E-state index in [4.69, 9.17) is 0 Å². The fourth-order valence-electron chi connectivity index (χ4n) is 2.03. The van der Waals surface area contributed by atoms with Crippen LogP contribution in [0.5, 0.6) is 0 Å². The second-order valence-corrected chi connectivity index (χ2v) is 7.21. The van der Waals surface area contributed by atoms with Crippen molar-refractivity contribution in [1.82, 2.24) is 9.62 Å². The number of piperazine rings is 1. The molecule has 0 radical (unpaired) electrons. The van der Waals surface area contributed by atoms with Gasteiger partial charge in [-0.25, -0.2) is 8.42 Å². The predicted molar refractivity (Wildman–Crippen MR) is 74.4 cm³/mol. The number of hydrogen-bond donors (Lipinski definition) is 1. The first-order valence-corrected chi connectivity index (χ1v) is 8.58. The molecule has 1 atom stereocenters. The molecule has 0 saturated carbocycles. The summed E-state index contributed by atoms with van der Waals surface area (Å²) in [6, 6.07) is 7.33. The Bertz CT molecular complexity index is 517. The van der Waals surface area contributed by atoms with Gasteiger partial charge in [0.25, 0.3) is 0 Å². The summed E-state index contributed by atoms with van der Waals surface area (Å²) in [6.07, 6.45) is 1.94. The van der Waals surface area contributed by atoms with Crippen molar-refractivity contribution >= 4 is 21.8 Å². The van der Waals surface area contributed by atoms with Crippen LogP contribution in [0.15, 0.2) is 34.1 Å². The lowest BCUT2D eigenvalue weighted by molar-refractivity contribution is 0.310. The topological polar surface area (TPSA) is 49.4 Å². The molecule has 100 valence electrons. The minimum absolute atomic E-state index is 0.206. The lowest BCUT2D eigenvalue weighted by Gasteiger charge is -2.31. The fraction of sp³-hybridized carbons (Fsp3) is 0.500. The molecule has 4 nitrogen and oxygen atoms in total. The van der Waals surface area contributed by atoms with Crippen LogP contribution < -0.4 is 5.32 Å². The highest BCUT2D eigenvalue weighted by molar-refractivity contribution is 7.98. The monoisotopic (exact) mass is 286 g/mol.